The van der Waals surface area contributed by atoms with Gasteiger partial charge in [0.2, 0.25) is 5.82 Å². The van der Waals surface area contributed by atoms with E-state index < -0.39 is 5.97 Å². The third kappa shape index (κ3) is 2.72. The number of hydrogen-bond donors (Lipinski definition) is 2. The highest BCUT2D eigenvalue weighted by Crippen LogP contribution is 2.35. The second kappa shape index (κ2) is 5.24. The molecule has 3 N–H and O–H groups in total. The van der Waals surface area contributed by atoms with E-state index >= 15 is 0 Å². The Morgan fingerprint density at radius 1 is 1.26 bits per heavy atom. The van der Waals surface area contributed by atoms with E-state index in [1.165, 1.54) is 11.3 Å². The van der Waals surface area contributed by atoms with Gasteiger partial charge in [0.1, 0.15) is 16.2 Å². The van der Waals surface area contributed by atoms with Crippen LogP contribution in [-0.2, 0) is 5.41 Å². The van der Waals surface area contributed by atoms with Crippen molar-refractivity contribution in [1.29, 1.82) is 0 Å². The number of nitrogens with two attached hydrogens (primary N) is 1. The second-order valence-electron chi connectivity index (χ2n) is 6.08. The summed E-state index contributed by atoms with van der Waals surface area (Å²) in [7, 11) is 0. The number of carboxylic acids is 1. The maximum Gasteiger partial charge on any atom is 0.374 e. The maximum atomic E-state index is 11.1. The van der Waals surface area contributed by atoms with E-state index in [4.69, 9.17) is 10.8 Å². The Morgan fingerprint density at radius 3 is 2.57 bits per heavy atom. The molecule has 3 heterocycles. The molecule has 8 heteroatoms. The van der Waals surface area contributed by atoms with Crippen molar-refractivity contribution in [1.82, 2.24) is 19.9 Å². The number of carboxylic acid groups (broad SMARTS) is 1. The number of fused-ring (bicyclic) bond motifs is 1. The second-order valence-corrected chi connectivity index (χ2v) is 6.97. The summed E-state index contributed by atoms with van der Waals surface area (Å²) in [6.07, 6.45) is 1.71. The van der Waals surface area contributed by atoms with Gasteiger partial charge in [-0.05, 0) is 17.0 Å². The Kier molecular flexibility index (Phi) is 3.48. The van der Waals surface area contributed by atoms with Crippen LogP contribution in [0.15, 0.2) is 17.6 Å². The largest absolute Gasteiger partial charge is 0.475 e. The van der Waals surface area contributed by atoms with E-state index in [2.05, 4.69) is 40.7 Å². The molecule has 0 aliphatic rings. The van der Waals surface area contributed by atoms with Crippen LogP contribution in [0.3, 0.4) is 0 Å². The quantitative estimate of drug-likeness (QED) is 0.742. The minimum absolute atomic E-state index is 0.0469. The summed E-state index contributed by atoms with van der Waals surface area (Å²) in [5.41, 5.74) is 8.11. The minimum atomic E-state index is -1.22. The minimum Gasteiger partial charge on any atom is -0.475 e. The summed E-state index contributed by atoms with van der Waals surface area (Å²) in [5.74, 6) is -1.51. The van der Waals surface area contributed by atoms with Crippen molar-refractivity contribution < 1.29 is 9.90 Å². The average Bonchev–Trinajstić information content (AvgIpc) is 2.99. The van der Waals surface area contributed by atoms with Crippen LogP contribution in [0.2, 0.25) is 0 Å². The Bertz CT molecular complexity index is 900. The van der Waals surface area contributed by atoms with E-state index in [9.17, 15) is 4.79 Å². The number of carbonyl (C=O) groups is 1. The third-order valence-electron chi connectivity index (χ3n) is 3.33. The molecule has 0 unspecified atom stereocenters. The average molecular weight is 329 g/mol. The Labute approximate surface area is 136 Å². The highest BCUT2D eigenvalue weighted by atomic mass is 32.1. The van der Waals surface area contributed by atoms with Crippen LogP contribution < -0.4 is 5.73 Å². The molecule has 0 fully saturated rings. The van der Waals surface area contributed by atoms with Gasteiger partial charge in [-0.25, -0.2) is 24.7 Å². The lowest BCUT2D eigenvalue weighted by molar-refractivity contribution is 0.0684. The first kappa shape index (κ1) is 15.3. The molecule has 0 saturated heterocycles. The number of nitrogens with zero attached hydrogens (tertiary/aromatic N) is 4. The fourth-order valence-electron chi connectivity index (χ4n) is 2.25. The summed E-state index contributed by atoms with van der Waals surface area (Å²) in [5, 5.41) is 11.7. The number of aromatic nitrogens is 4. The zero-order chi connectivity index (χ0) is 16.8. The van der Waals surface area contributed by atoms with E-state index in [0.29, 0.717) is 11.0 Å². The molecular weight excluding hydrogens is 314 g/mol. The number of nitrogen functional groups attached to an aromatic ring is 1. The molecule has 0 spiro atoms. The molecule has 0 bridgehead atoms. The molecule has 23 heavy (non-hydrogen) atoms. The van der Waals surface area contributed by atoms with E-state index in [1.54, 1.807) is 6.20 Å². The molecule has 0 aromatic carbocycles. The van der Waals surface area contributed by atoms with Crippen LogP contribution >= 0.6 is 11.3 Å². The topological polar surface area (TPSA) is 115 Å². The van der Waals surface area contributed by atoms with Gasteiger partial charge in [0, 0.05) is 11.6 Å². The van der Waals surface area contributed by atoms with Crippen molar-refractivity contribution in [2.24, 2.45) is 0 Å². The number of hydrogen-bond acceptors (Lipinski definition) is 7. The first-order chi connectivity index (χ1) is 10.8. The van der Waals surface area contributed by atoms with Gasteiger partial charge in [-0.2, -0.15) is 0 Å². The molecule has 3 aromatic heterocycles. The van der Waals surface area contributed by atoms with Gasteiger partial charge in [0.05, 0.1) is 5.52 Å². The standard InChI is InChI=1S/C15H15N5O2S/c1-15(2,3)7-6-8-10(11(16)20-12(18-8)14(21)22)19-9(7)13-17-4-5-23-13/h4-6H,1-3H3,(H,21,22)(H2,16,18,20). The van der Waals surface area contributed by atoms with E-state index in [-0.39, 0.29) is 17.1 Å². The van der Waals surface area contributed by atoms with Gasteiger partial charge in [-0.1, -0.05) is 20.8 Å². The summed E-state index contributed by atoms with van der Waals surface area (Å²) in [6, 6.07) is 1.82. The van der Waals surface area contributed by atoms with Crippen LogP contribution in [-0.4, -0.2) is 31.0 Å². The number of rotatable bonds is 2. The van der Waals surface area contributed by atoms with Crippen LogP contribution in [0.1, 0.15) is 37.0 Å². The smallest absolute Gasteiger partial charge is 0.374 e. The molecule has 0 amide bonds. The lowest BCUT2D eigenvalue weighted by Crippen LogP contribution is -2.15. The molecule has 118 valence electrons. The zero-order valence-electron chi connectivity index (χ0n) is 12.9. The van der Waals surface area contributed by atoms with Crippen molar-refractivity contribution in [3.05, 3.63) is 29.0 Å². The zero-order valence-corrected chi connectivity index (χ0v) is 13.7. The van der Waals surface area contributed by atoms with Gasteiger partial charge < -0.3 is 10.8 Å². The van der Waals surface area contributed by atoms with Crippen molar-refractivity contribution in [3.8, 4) is 10.7 Å². The van der Waals surface area contributed by atoms with Gasteiger partial charge in [-0.15, -0.1) is 11.3 Å². The van der Waals surface area contributed by atoms with Crippen LogP contribution in [0.4, 0.5) is 5.82 Å². The third-order valence-corrected chi connectivity index (χ3v) is 4.11. The Hall–Kier alpha value is -2.61. The van der Waals surface area contributed by atoms with Gasteiger partial charge in [0.15, 0.2) is 5.82 Å². The number of thiazole rings is 1. The van der Waals surface area contributed by atoms with Crippen molar-refractivity contribution in [2.75, 3.05) is 5.73 Å². The molecule has 3 aromatic rings. The highest BCUT2D eigenvalue weighted by molar-refractivity contribution is 7.13. The van der Waals surface area contributed by atoms with Crippen molar-refractivity contribution in [2.45, 2.75) is 26.2 Å². The van der Waals surface area contributed by atoms with Gasteiger partial charge >= 0.3 is 5.97 Å². The SMILES string of the molecule is CC(C)(C)c1cc2nc(C(=O)O)nc(N)c2nc1-c1nccs1. The first-order valence-corrected chi connectivity index (χ1v) is 7.77. The fraction of sp³-hybridized carbons (Fsp3) is 0.267. The lowest BCUT2D eigenvalue weighted by Gasteiger charge is -2.22. The predicted molar refractivity (Wildman–Crippen MR) is 88.5 cm³/mol. The molecule has 7 nitrogen and oxygen atoms in total. The fourth-order valence-corrected chi connectivity index (χ4v) is 2.89. The molecule has 3 rings (SSSR count). The molecule has 0 radical (unpaired) electrons. The molecular formula is C15H15N5O2S. The predicted octanol–water partition coefficient (Wildman–Crippen LogP) is 2.73. The Morgan fingerprint density at radius 2 is 2.00 bits per heavy atom. The summed E-state index contributed by atoms with van der Waals surface area (Å²) in [6.45, 7) is 6.15. The first-order valence-electron chi connectivity index (χ1n) is 6.89. The van der Waals surface area contributed by atoms with Crippen LogP contribution in [0, 0.1) is 0 Å². The summed E-state index contributed by atoms with van der Waals surface area (Å²) < 4.78 is 0. The van der Waals surface area contributed by atoms with Gasteiger partial charge in [0.25, 0.3) is 0 Å². The number of aromatic carboxylic acids is 1. The normalized spacial score (nSPS) is 11.8. The monoisotopic (exact) mass is 329 g/mol. The van der Waals surface area contributed by atoms with E-state index in [0.717, 1.165) is 16.3 Å². The lowest BCUT2D eigenvalue weighted by atomic mass is 9.85. The number of pyridine rings is 1. The van der Waals surface area contributed by atoms with Crippen LogP contribution in [0.5, 0.6) is 0 Å². The van der Waals surface area contributed by atoms with Crippen LogP contribution in [0.25, 0.3) is 21.7 Å². The molecule has 0 aliphatic heterocycles. The molecule has 0 atom stereocenters. The molecule has 0 aliphatic carbocycles. The highest BCUT2D eigenvalue weighted by Gasteiger charge is 2.24. The molecule has 0 saturated carbocycles. The maximum absolute atomic E-state index is 11.1. The van der Waals surface area contributed by atoms with Crippen molar-refractivity contribution >= 4 is 34.2 Å². The van der Waals surface area contributed by atoms with E-state index in [1.807, 2.05) is 11.4 Å². The number of anilines is 1. The Balaban J connectivity index is 2.37. The summed E-state index contributed by atoms with van der Waals surface area (Å²) >= 11 is 1.48. The van der Waals surface area contributed by atoms with Gasteiger partial charge in [-0.3, -0.25) is 0 Å². The summed E-state index contributed by atoms with van der Waals surface area (Å²) in [4.78, 5) is 27.9. The van der Waals surface area contributed by atoms with Crippen molar-refractivity contribution in [3.63, 3.8) is 0 Å².